The van der Waals surface area contributed by atoms with E-state index in [4.69, 9.17) is 5.11 Å². The molecule has 0 unspecified atom stereocenters. The van der Waals surface area contributed by atoms with Gasteiger partial charge in [-0.25, -0.2) is 10.4 Å². The Morgan fingerprint density at radius 3 is 2.59 bits per heavy atom. The van der Waals surface area contributed by atoms with Crippen LogP contribution in [0.25, 0.3) is 10.8 Å². The Balaban J connectivity index is 2.25. The number of hydrogen-bond donors (Lipinski definition) is 2. The van der Waals surface area contributed by atoms with Gasteiger partial charge in [-0.15, -0.1) is 0 Å². The summed E-state index contributed by atoms with van der Waals surface area (Å²) < 4.78 is 0. The number of aliphatic hydroxyl groups is 1. The van der Waals surface area contributed by atoms with Gasteiger partial charge in [0.05, 0.1) is 22.7 Å². The largest absolute Gasteiger partial charge is 0.395 e. The Kier molecular flexibility index (Phi) is 3.32. The summed E-state index contributed by atoms with van der Waals surface area (Å²) in [4.78, 5) is 35.2. The summed E-state index contributed by atoms with van der Waals surface area (Å²) in [7, 11) is 0. The molecule has 0 atom stereocenters. The van der Waals surface area contributed by atoms with E-state index in [1.165, 1.54) is 6.07 Å². The number of aliphatic hydroxyl groups excluding tert-OH is 1. The first-order valence-corrected chi connectivity index (χ1v) is 6.49. The highest BCUT2D eigenvalue weighted by molar-refractivity contribution is 6.25. The third-order valence-corrected chi connectivity index (χ3v) is 3.42. The minimum Gasteiger partial charge on any atom is -0.395 e. The molecular weight excluding hydrogens is 290 g/mol. The van der Waals surface area contributed by atoms with E-state index < -0.39 is 16.7 Å². The second kappa shape index (κ2) is 5.17. The zero-order valence-electron chi connectivity index (χ0n) is 11.3. The molecule has 112 valence electrons. The average Bonchev–Trinajstić information content (AvgIpc) is 2.51. The molecule has 0 saturated carbocycles. The van der Waals surface area contributed by atoms with Crippen molar-refractivity contribution in [3.05, 3.63) is 51.6 Å². The average molecular weight is 301 g/mol. The van der Waals surface area contributed by atoms with Gasteiger partial charge in [-0.1, -0.05) is 12.1 Å². The van der Waals surface area contributed by atoms with Crippen LogP contribution in [-0.4, -0.2) is 40.0 Å². The summed E-state index contributed by atoms with van der Waals surface area (Å²) >= 11 is 0. The number of nitro benzene ring substituents is 1. The number of hydrogen-bond acceptors (Lipinski definition) is 6. The number of carbonyl (C=O) groups excluding carboxylic acids is 2. The number of non-ortho nitro benzene ring substituents is 1. The lowest BCUT2D eigenvalue weighted by Gasteiger charge is -2.27. The summed E-state index contributed by atoms with van der Waals surface area (Å²) in [5, 5.41) is 21.5. The van der Waals surface area contributed by atoms with Crippen molar-refractivity contribution in [2.75, 3.05) is 13.2 Å². The molecule has 1 heterocycles. The molecular formula is C14H11N3O5. The van der Waals surface area contributed by atoms with Gasteiger partial charge in [-0.3, -0.25) is 19.7 Å². The highest BCUT2D eigenvalue weighted by atomic mass is 16.6. The standard InChI is InChI=1S/C14H11N3O5/c18-5-4-15-16-13(19)10-3-1-2-8-6-9(17(21)22)7-11(12(8)10)14(16)20/h1-3,6-7,15,18H,4-5H2. The van der Waals surface area contributed by atoms with E-state index in [-0.39, 0.29) is 30.0 Å². The van der Waals surface area contributed by atoms with Crippen molar-refractivity contribution in [2.45, 2.75) is 0 Å². The van der Waals surface area contributed by atoms with Crippen molar-refractivity contribution in [1.29, 1.82) is 0 Å². The van der Waals surface area contributed by atoms with Gasteiger partial charge in [0.25, 0.3) is 17.5 Å². The molecule has 0 saturated heterocycles. The maximum atomic E-state index is 12.4. The van der Waals surface area contributed by atoms with Gasteiger partial charge in [0.1, 0.15) is 0 Å². The molecule has 0 aliphatic carbocycles. The van der Waals surface area contributed by atoms with E-state index in [2.05, 4.69) is 5.43 Å². The molecule has 2 aromatic carbocycles. The maximum absolute atomic E-state index is 12.4. The smallest absolute Gasteiger partial charge is 0.276 e. The number of rotatable bonds is 4. The number of nitrogens with zero attached hydrogens (tertiary/aromatic N) is 2. The van der Waals surface area contributed by atoms with Crippen LogP contribution in [0.4, 0.5) is 5.69 Å². The van der Waals surface area contributed by atoms with E-state index >= 15 is 0 Å². The van der Waals surface area contributed by atoms with E-state index in [0.29, 0.717) is 10.8 Å². The normalized spacial score (nSPS) is 13.8. The molecule has 2 amide bonds. The second-order valence-electron chi connectivity index (χ2n) is 4.73. The number of imide groups is 1. The summed E-state index contributed by atoms with van der Waals surface area (Å²) in [6.45, 7) is -0.249. The number of nitro groups is 1. The Hall–Kier alpha value is -2.84. The van der Waals surface area contributed by atoms with Crippen LogP contribution in [0.15, 0.2) is 30.3 Å². The fourth-order valence-corrected chi connectivity index (χ4v) is 2.50. The fraction of sp³-hybridized carbons (Fsp3) is 0.143. The number of amides is 2. The van der Waals surface area contributed by atoms with Gasteiger partial charge in [0.15, 0.2) is 0 Å². The Morgan fingerprint density at radius 1 is 1.18 bits per heavy atom. The van der Waals surface area contributed by atoms with Crippen molar-refractivity contribution in [3.8, 4) is 0 Å². The third kappa shape index (κ3) is 2.01. The lowest BCUT2D eigenvalue weighted by atomic mass is 9.94. The van der Waals surface area contributed by atoms with Gasteiger partial charge in [0.2, 0.25) is 0 Å². The Labute approximate surface area is 124 Å². The molecule has 0 spiro atoms. The van der Waals surface area contributed by atoms with Crippen LogP contribution in [0.3, 0.4) is 0 Å². The van der Waals surface area contributed by atoms with Crippen LogP contribution in [0, 0.1) is 10.1 Å². The predicted octanol–water partition coefficient (Wildman–Crippen LogP) is 0.841. The third-order valence-electron chi connectivity index (χ3n) is 3.42. The molecule has 3 rings (SSSR count). The molecule has 0 radical (unpaired) electrons. The molecule has 22 heavy (non-hydrogen) atoms. The van der Waals surface area contributed by atoms with E-state index in [1.807, 2.05) is 0 Å². The predicted molar refractivity (Wildman–Crippen MR) is 76.2 cm³/mol. The second-order valence-corrected chi connectivity index (χ2v) is 4.73. The summed E-state index contributed by atoms with van der Waals surface area (Å²) in [6.07, 6.45) is 0. The lowest BCUT2D eigenvalue weighted by Crippen LogP contribution is -2.50. The first kappa shape index (κ1) is 14.1. The molecule has 8 nitrogen and oxygen atoms in total. The van der Waals surface area contributed by atoms with E-state index in [1.54, 1.807) is 18.2 Å². The first-order chi connectivity index (χ1) is 10.5. The zero-order chi connectivity index (χ0) is 15.9. The van der Waals surface area contributed by atoms with Crippen LogP contribution >= 0.6 is 0 Å². The van der Waals surface area contributed by atoms with Gasteiger partial charge < -0.3 is 5.11 Å². The van der Waals surface area contributed by atoms with Crippen LogP contribution in [0.2, 0.25) is 0 Å². The topological polar surface area (TPSA) is 113 Å². The monoisotopic (exact) mass is 301 g/mol. The van der Waals surface area contributed by atoms with Crippen molar-refractivity contribution in [1.82, 2.24) is 10.4 Å². The van der Waals surface area contributed by atoms with Crippen LogP contribution < -0.4 is 5.43 Å². The van der Waals surface area contributed by atoms with Crippen molar-refractivity contribution >= 4 is 28.3 Å². The van der Waals surface area contributed by atoms with E-state index in [9.17, 15) is 19.7 Å². The summed E-state index contributed by atoms with van der Waals surface area (Å²) in [5.41, 5.74) is 2.67. The highest BCUT2D eigenvalue weighted by Crippen LogP contribution is 2.32. The molecule has 8 heteroatoms. The minimum atomic E-state index is -0.675. The SMILES string of the molecule is O=C1c2cccc3cc([N+](=O)[O-])cc(c23)C(=O)N1NCCO. The Bertz CT molecular complexity index is 817. The zero-order valence-corrected chi connectivity index (χ0v) is 11.3. The number of benzene rings is 2. The van der Waals surface area contributed by atoms with Crippen molar-refractivity contribution < 1.29 is 19.6 Å². The summed E-state index contributed by atoms with van der Waals surface area (Å²) in [5.74, 6) is -1.23. The summed E-state index contributed by atoms with van der Waals surface area (Å²) in [6, 6.07) is 7.27. The van der Waals surface area contributed by atoms with E-state index in [0.717, 1.165) is 11.1 Å². The molecule has 0 fully saturated rings. The van der Waals surface area contributed by atoms with Gasteiger partial charge in [0, 0.05) is 24.1 Å². The molecule has 0 aromatic heterocycles. The molecule has 1 aliphatic rings. The van der Waals surface area contributed by atoms with Crippen LogP contribution in [-0.2, 0) is 0 Å². The number of carbonyl (C=O) groups is 2. The molecule has 2 N–H and O–H groups in total. The highest BCUT2D eigenvalue weighted by Gasteiger charge is 2.34. The van der Waals surface area contributed by atoms with Crippen molar-refractivity contribution in [2.24, 2.45) is 0 Å². The first-order valence-electron chi connectivity index (χ1n) is 6.49. The molecule has 0 bridgehead atoms. The molecule has 2 aromatic rings. The number of hydrazine groups is 1. The minimum absolute atomic E-state index is 0.0116. The van der Waals surface area contributed by atoms with Crippen LogP contribution in [0.1, 0.15) is 20.7 Å². The molecule has 1 aliphatic heterocycles. The van der Waals surface area contributed by atoms with Gasteiger partial charge in [-0.05, 0) is 11.5 Å². The maximum Gasteiger partial charge on any atom is 0.276 e. The van der Waals surface area contributed by atoms with Gasteiger partial charge >= 0.3 is 0 Å². The van der Waals surface area contributed by atoms with Crippen LogP contribution in [0.5, 0.6) is 0 Å². The fourth-order valence-electron chi connectivity index (χ4n) is 2.50. The Morgan fingerprint density at radius 2 is 1.91 bits per heavy atom. The lowest BCUT2D eigenvalue weighted by molar-refractivity contribution is -0.384. The number of nitrogens with one attached hydrogen (secondary N) is 1. The van der Waals surface area contributed by atoms with Gasteiger partial charge in [-0.2, -0.15) is 0 Å². The van der Waals surface area contributed by atoms with Crippen molar-refractivity contribution in [3.63, 3.8) is 0 Å². The quantitative estimate of drug-likeness (QED) is 0.491.